The predicted octanol–water partition coefficient (Wildman–Crippen LogP) is 3.04. The summed E-state index contributed by atoms with van der Waals surface area (Å²) in [6, 6.07) is 7.53. The average Bonchev–Trinajstić information content (AvgIpc) is 2.42. The monoisotopic (exact) mass is 252 g/mol. The van der Waals surface area contributed by atoms with Crippen LogP contribution in [0.15, 0.2) is 36.2 Å². The van der Waals surface area contributed by atoms with E-state index in [0.29, 0.717) is 13.0 Å². The van der Waals surface area contributed by atoms with Crippen LogP contribution in [-0.4, -0.2) is 19.5 Å². The van der Waals surface area contributed by atoms with Gasteiger partial charge in [0.05, 0.1) is 19.8 Å². The Kier molecular flexibility index (Phi) is 6.08. The second-order valence-electron chi connectivity index (χ2n) is 3.91. The number of carbonyl (C=O) groups is 1. The van der Waals surface area contributed by atoms with Crippen molar-refractivity contribution in [2.45, 2.75) is 26.1 Å². The molecule has 0 radical (unpaired) electrons. The van der Waals surface area contributed by atoms with Crippen LogP contribution in [0.3, 0.4) is 0 Å². The van der Waals surface area contributed by atoms with Crippen molar-refractivity contribution in [3.8, 4) is 5.75 Å². The minimum absolute atomic E-state index is 0.141. The molecule has 1 aromatic carbocycles. The number of ether oxygens (including phenoxy) is 2. The van der Waals surface area contributed by atoms with Crippen LogP contribution in [0.25, 0.3) is 0 Å². The summed E-state index contributed by atoms with van der Waals surface area (Å²) in [4.78, 5) is 10.1. The van der Waals surface area contributed by atoms with Gasteiger partial charge in [-0.3, -0.25) is 4.79 Å². The molecule has 0 aliphatic rings. The summed E-state index contributed by atoms with van der Waals surface area (Å²) >= 11 is 0. The zero-order valence-electron chi connectivity index (χ0n) is 10.6. The fraction of sp³-hybridized carbons (Fsp3) is 0.357. The van der Waals surface area contributed by atoms with Crippen LogP contribution in [0.2, 0.25) is 0 Å². The standard InChI is InChI=1S/C14H17FO3/c1-11(3-6-13(15)9-16)18-10-12-4-7-14(17-2)8-5-12/h4-9,11H,3,10H2,1-2H3/b13-6+/t11-/m1/s1. The number of allylic oxidation sites excluding steroid dienone is 1. The first kappa shape index (κ1) is 14.4. The molecule has 98 valence electrons. The summed E-state index contributed by atoms with van der Waals surface area (Å²) in [5.74, 6) is 0.0395. The van der Waals surface area contributed by atoms with Crippen LogP contribution in [0.5, 0.6) is 5.75 Å². The maximum atomic E-state index is 12.6. The average molecular weight is 252 g/mol. The summed E-state index contributed by atoms with van der Waals surface area (Å²) in [6.45, 7) is 2.28. The molecule has 0 bridgehead atoms. The van der Waals surface area contributed by atoms with Gasteiger partial charge in [0.1, 0.15) is 5.75 Å². The van der Waals surface area contributed by atoms with Crippen LogP contribution >= 0.6 is 0 Å². The van der Waals surface area contributed by atoms with Crippen LogP contribution in [0.4, 0.5) is 4.39 Å². The van der Waals surface area contributed by atoms with Gasteiger partial charge in [-0.1, -0.05) is 12.1 Å². The van der Waals surface area contributed by atoms with Gasteiger partial charge in [-0.2, -0.15) is 0 Å². The van der Waals surface area contributed by atoms with Crippen molar-refractivity contribution in [1.82, 2.24) is 0 Å². The van der Waals surface area contributed by atoms with E-state index in [-0.39, 0.29) is 12.4 Å². The summed E-state index contributed by atoms with van der Waals surface area (Å²) < 4.78 is 23.1. The smallest absolute Gasteiger partial charge is 0.178 e. The first-order valence-electron chi connectivity index (χ1n) is 5.71. The lowest BCUT2D eigenvalue weighted by atomic mass is 10.2. The number of methoxy groups -OCH3 is 1. The van der Waals surface area contributed by atoms with E-state index in [2.05, 4.69) is 0 Å². The van der Waals surface area contributed by atoms with Crippen molar-refractivity contribution in [2.75, 3.05) is 7.11 Å². The molecule has 1 atom stereocenters. The van der Waals surface area contributed by atoms with Gasteiger partial charge in [-0.15, -0.1) is 0 Å². The SMILES string of the molecule is COc1ccc(CO[C@H](C)C/C=C(/F)C=O)cc1. The molecule has 0 N–H and O–H groups in total. The zero-order chi connectivity index (χ0) is 13.4. The highest BCUT2D eigenvalue weighted by Crippen LogP contribution is 2.13. The summed E-state index contributed by atoms with van der Waals surface area (Å²) in [7, 11) is 1.61. The lowest BCUT2D eigenvalue weighted by molar-refractivity contribution is -0.106. The van der Waals surface area contributed by atoms with Crippen LogP contribution in [0, 0.1) is 0 Å². The summed E-state index contributed by atoms with van der Waals surface area (Å²) in [6.07, 6.45) is 1.65. The van der Waals surface area contributed by atoms with E-state index in [1.165, 1.54) is 6.08 Å². The third kappa shape index (κ3) is 5.10. The molecule has 0 spiro atoms. The molecule has 0 fully saturated rings. The van der Waals surface area contributed by atoms with Gasteiger partial charge >= 0.3 is 0 Å². The second-order valence-corrected chi connectivity index (χ2v) is 3.91. The maximum Gasteiger partial charge on any atom is 0.178 e. The number of hydrogen-bond acceptors (Lipinski definition) is 3. The topological polar surface area (TPSA) is 35.5 Å². The summed E-state index contributed by atoms with van der Waals surface area (Å²) in [5.41, 5.74) is 1.02. The number of carbonyl (C=O) groups excluding carboxylic acids is 1. The van der Waals surface area contributed by atoms with E-state index in [1.807, 2.05) is 31.2 Å². The molecule has 0 aliphatic carbocycles. The number of benzene rings is 1. The highest BCUT2D eigenvalue weighted by atomic mass is 19.1. The van der Waals surface area contributed by atoms with E-state index < -0.39 is 5.83 Å². The van der Waals surface area contributed by atoms with Crippen LogP contribution in [-0.2, 0) is 16.1 Å². The van der Waals surface area contributed by atoms with E-state index in [4.69, 9.17) is 9.47 Å². The molecule has 1 rings (SSSR count). The molecule has 0 amide bonds. The van der Waals surface area contributed by atoms with Crippen molar-refractivity contribution in [3.05, 3.63) is 41.7 Å². The Labute approximate surface area is 106 Å². The van der Waals surface area contributed by atoms with Crippen molar-refractivity contribution in [3.63, 3.8) is 0 Å². The number of halogens is 1. The number of rotatable bonds is 7. The minimum Gasteiger partial charge on any atom is -0.497 e. The number of hydrogen-bond donors (Lipinski definition) is 0. The lowest BCUT2D eigenvalue weighted by Gasteiger charge is -2.11. The first-order valence-corrected chi connectivity index (χ1v) is 5.71. The normalized spacial score (nSPS) is 13.2. The van der Waals surface area contributed by atoms with Gasteiger partial charge in [0, 0.05) is 0 Å². The molecule has 4 heteroatoms. The molecule has 0 unspecified atom stereocenters. The molecule has 0 aromatic heterocycles. The van der Waals surface area contributed by atoms with Gasteiger partial charge in [0.25, 0.3) is 0 Å². The fourth-order valence-corrected chi connectivity index (χ4v) is 1.35. The van der Waals surface area contributed by atoms with Crippen molar-refractivity contribution in [1.29, 1.82) is 0 Å². The van der Waals surface area contributed by atoms with Crippen molar-refractivity contribution < 1.29 is 18.7 Å². The fourth-order valence-electron chi connectivity index (χ4n) is 1.35. The highest BCUT2D eigenvalue weighted by Gasteiger charge is 2.02. The second kappa shape index (κ2) is 7.61. The zero-order valence-corrected chi connectivity index (χ0v) is 10.6. The molecular weight excluding hydrogens is 235 g/mol. The molecule has 0 saturated heterocycles. The van der Waals surface area contributed by atoms with Crippen molar-refractivity contribution >= 4 is 6.29 Å². The Hall–Kier alpha value is -1.68. The minimum atomic E-state index is -0.755. The Morgan fingerprint density at radius 2 is 2.06 bits per heavy atom. The highest BCUT2D eigenvalue weighted by molar-refractivity contribution is 5.69. The Morgan fingerprint density at radius 3 is 2.61 bits per heavy atom. The van der Waals surface area contributed by atoms with E-state index in [1.54, 1.807) is 7.11 Å². The van der Waals surface area contributed by atoms with Crippen LogP contribution in [0.1, 0.15) is 18.9 Å². The molecule has 0 heterocycles. The van der Waals surface area contributed by atoms with Crippen molar-refractivity contribution in [2.24, 2.45) is 0 Å². The van der Waals surface area contributed by atoms with Gasteiger partial charge in [0.15, 0.2) is 12.1 Å². The maximum absolute atomic E-state index is 12.6. The Morgan fingerprint density at radius 1 is 1.39 bits per heavy atom. The Bertz CT molecular complexity index is 398. The van der Waals surface area contributed by atoms with Gasteiger partial charge in [-0.25, -0.2) is 4.39 Å². The quantitative estimate of drug-likeness (QED) is 0.552. The van der Waals surface area contributed by atoms with Gasteiger partial charge in [0.2, 0.25) is 0 Å². The molecule has 0 saturated carbocycles. The predicted molar refractivity (Wildman–Crippen MR) is 67.1 cm³/mol. The van der Waals surface area contributed by atoms with E-state index >= 15 is 0 Å². The molecule has 0 aliphatic heterocycles. The number of aldehydes is 1. The summed E-state index contributed by atoms with van der Waals surface area (Å²) in [5, 5.41) is 0. The van der Waals surface area contributed by atoms with Gasteiger partial charge < -0.3 is 9.47 Å². The molecule has 1 aromatic rings. The van der Waals surface area contributed by atoms with Gasteiger partial charge in [-0.05, 0) is 37.1 Å². The van der Waals surface area contributed by atoms with E-state index in [0.717, 1.165) is 11.3 Å². The third-order valence-electron chi connectivity index (χ3n) is 2.45. The largest absolute Gasteiger partial charge is 0.497 e. The van der Waals surface area contributed by atoms with E-state index in [9.17, 15) is 9.18 Å². The lowest BCUT2D eigenvalue weighted by Crippen LogP contribution is -2.07. The van der Waals surface area contributed by atoms with Crippen LogP contribution < -0.4 is 4.74 Å². The molecule has 3 nitrogen and oxygen atoms in total. The first-order chi connectivity index (χ1) is 8.65. The Balaban J connectivity index is 2.37. The third-order valence-corrected chi connectivity index (χ3v) is 2.45. The molecule has 18 heavy (non-hydrogen) atoms. The molecular formula is C14H17FO3.